The fourth-order valence-corrected chi connectivity index (χ4v) is 2.32. The third-order valence-corrected chi connectivity index (χ3v) is 3.87. The number of anilines is 1. The van der Waals surface area contributed by atoms with Crippen LogP contribution in [0.3, 0.4) is 0 Å². The standard InChI is InChI=1S/C16H28N2/c1-6-14(4)16(17-5)12-18(7-2)15-10-8-9-13(3)11-15/h8-11,14,16-17H,6-7,12H2,1-5H3. The summed E-state index contributed by atoms with van der Waals surface area (Å²) >= 11 is 0. The van der Waals surface area contributed by atoms with Crippen molar-refractivity contribution in [1.29, 1.82) is 0 Å². The second-order valence-electron chi connectivity index (χ2n) is 5.16. The van der Waals surface area contributed by atoms with Gasteiger partial charge in [-0.05, 0) is 44.5 Å². The summed E-state index contributed by atoms with van der Waals surface area (Å²) in [6.07, 6.45) is 1.22. The van der Waals surface area contributed by atoms with E-state index in [2.05, 4.69) is 69.2 Å². The molecule has 2 heteroatoms. The molecule has 2 unspecified atom stereocenters. The summed E-state index contributed by atoms with van der Waals surface area (Å²) in [6, 6.07) is 9.33. The highest BCUT2D eigenvalue weighted by molar-refractivity contribution is 5.48. The molecule has 0 aliphatic carbocycles. The van der Waals surface area contributed by atoms with Crippen LogP contribution in [0.1, 0.15) is 32.8 Å². The first-order valence-corrected chi connectivity index (χ1v) is 7.11. The zero-order valence-corrected chi connectivity index (χ0v) is 12.5. The van der Waals surface area contributed by atoms with Crippen LogP contribution in [0.5, 0.6) is 0 Å². The number of nitrogens with zero attached hydrogens (tertiary/aromatic N) is 1. The lowest BCUT2D eigenvalue weighted by Gasteiger charge is -2.31. The van der Waals surface area contributed by atoms with E-state index in [4.69, 9.17) is 0 Å². The largest absolute Gasteiger partial charge is 0.370 e. The van der Waals surface area contributed by atoms with E-state index in [9.17, 15) is 0 Å². The van der Waals surface area contributed by atoms with Gasteiger partial charge in [-0.1, -0.05) is 32.4 Å². The molecule has 1 N–H and O–H groups in total. The van der Waals surface area contributed by atoms with Crippen LogP contribution in [0.2, 0.25) is 0 Å². The number of aryl methyl sites for hydroxylation is 1. The normalized spacial score (nSPS) is 14.3. The van der Waals surface area contributed by atoms with Crippen molar-refractivity contribution in [2.24, 2.45) is 5.92 Å². The molecule has 1 rings (SSSR count). The van der Waals surface area contributed by atoms with Gasteiger partial charge in [-0.3, -0.25) is 0 Å². The van der Waals surface area contributed by atoms with Gasteiger partial charge in [0.1, 0.15) is 0 Å². The molecule has 102 valence electrons. The van der Waals surface area contributed by atoms with E-state index in [1.165, 1.54) is 17.7 Å². The quantitative estimate of drug-likeness (QED) is 0.795. The van der Waals surface area contributed by atoms with E-state index in [0.717, 1.165) is 13.1 Å². The molecule has 0 aromatic heterocycles. The Kier molecular flexibility index (Phi) is 6.20. The van der Waals surface area contributed by atoms with Crippen LogP contribution in [-0.2, 0) is 0 Å². The third kappa shape index (κ3) is 4.02. The maximum Gasteiger partial charge on any atom is 0.0369 e. The van der Waals surface area contributed by atoms with Crippen molar-refractivity contribution in [1.82, 2.24) is 5.32 Å². The molecule has 0 saturated carbocycles. The van der Waals surface area contributed by atoms with Crippen LogP contribution >= 0.6 is 0 Å². The van der Waals surface area contributed by atoms with Gasteiger partial charge in [0.05, 0.1) is 0 Å². The lowest BCUT2D eigenvalue weighted by Crippen LogP contribution is -2.43. The van der Waals surface area contributed by atoms with E-state index < -0.39 is 0 Å². The second-order valence-corrected chi connectivity index (χ2v) is 5.16. The number of hydrogen-bond acceptors (Lipinski definition) is 2. The van der Waals surface area contributed by atoms with Crippen molar-refractivity contribution in [3.05, 3.63) is 29.8 Å². The Hall–Kier alpha value is -1.02. The molecule has 0 heterocycles. The molecule has 1 aromatic rings. The van der Waals surface area contributed by atoms with Crippen molar-refractivity contribution in [3.63, 3.8) is 0 Å². The summed E-state index contributed by atoms with van der Waals surface area (Å²) in [5.41, 5.74) is 2.66. The Balaban J connectivity index is 2.77. The number of rotatable bonds is 7. The van der Waals surface area contributed by atoms with Gasteiger partial charge in [0.15, 0.2) is 0 Å². The van der Waals surface area contributed by atoms with Crippen molar-refractivity contribution < 1.29 is 0 Å². The zero-order chi connectivity index (χ0) is 13.5. The molecule has 0 aliphatic heterocycles. The first-order valence-electron chi connectivity index (χ1n) is 7.11. The van der Waals surface area contributed by atoms with Gasteiger partial charge in [-0.2, -0.15) is 0 Å². The second kappa shape index (κ2) is 7.42. The molecular weight excluding hydrogens is 220 g/mol. The molecule has 2 nitrogen and oxygen atoms in total. The summed E-state index contributed by atoms with van der Waals surface area (Å²) in [5.74, 6) is 0.703. The Bertz CT molecular complexity index is 349. The van der Waals surface area contributed by atoms with E-state index in [0.29, 0.717) is 12.0 Å². The Morgan fingerprint density at radius 2 is 2.00 bits per heavy atom. The van der Waals surface area contributed by atoms with Crippen LogP contribution in [0.15, 0.2) is 24.3 Å². The maximum absolute atomic E-state index is 3.46. The summed E-state index contributed by atoms with van der Waals surface area (Å²) in [7, 11) is 2.07. The van der Waals surface area contributed by atoms with E-state index in [-0.39, 0.29) is 0 Å². The van der Waals surface area contributed by atoms with Gasteiger partial charge < -0.3 is 10.2 Å². The topological polar surface area (TPSA) is 15.3 Å². The van der Waals surface area contributed by atoms with Crippen LogP contribution in [0, 0.1) is 12.8 Å². The molecule has 0 bridgehead atoms. The van der Waals surface area contributed by atoms with Crippen molar-refractivity contribution >= 4 is 5.69 Å². The van der Waals surface area contributed by atoms with Crippen molar-refractivity contribution in [3.8, 4) is 0 Å². The maximum atomic E-state index is 3.46. The molecule has 0 saturated heterocycles. The Morgan fingerprint density at radius 1 is 1.28 bits per heavy atom. The summed E-state index contributed by atoms with van der Waals surface area (Å²) in [6.45, 7) is 11.1. The van der Waals surface area contributed by atoms with Crippen molar-refractivity contribution in [2.75, 3.05) is 25.0 Å². The summed E-state index contributed by atoms with van der Waals surface area (Å²) in [4.78, 5) is 2.46. The fraction of sp³-hybridized carbons (Fsp3) is 0.625. The monoisotopic (exact) mass is 248 g/mol. The van der Waals surface area contributed by atoms with Gasteiger partial charge in [0, 0.05) is 24.8 Å². The molecular formula is C16H28N2. The van der Waals surface area contributed by atoms with E-state index in [1.54, 1.807) is 0 Å². The summed E-state index contributed by atoms with van der Waals surface area (Å²) in [5, 5.41) is 3.46. The SMILES string of the molecule is CCC(C)C(CN(CC)c1cccc(C)c1)NC. The highest BCUT2D eigenvalue weighted by Gasteiger charge is 2.17. The number of likely N-dealkylation sites (N-methyl/N-ethyl adjacent to an activating group) is 2. The molecule has 0 fully saturated rings. The van der Waals surface area contributed by atoms with E-state index >= 15 is 0 Å². The van der Waals surface area contributed by atoms with Gasteiger partial charge >= 0.3 is 0 Å². The van der Waals surface area contributed by atoms with Gasteiger partial charge in [0.25, 0.3) is 0 Å². The highest BCUT2D eigenvalue weighted by atomic mass is 15.1. The third-order valence-electron chi connectivity index (χ3n) is 3.87. The predicted octanol–water partition coefficient (Wildman–Crippen LogP) is 3.46. The van der Waals surface area contributed by atoms with Gasteiger partial charge in [-0.25, -0.2) is 0 Å². The molecule has 0 aliphatic rings. The molecule has 18 heavy (non-hydrogen) atoms. The van der Waals surface area contributed by atoms with Crippen LogP contribution in [0.25, 0.3) is 0 Å². The summed E-state index contributed by atoms with van der Waals surface area (Å²) < 4.78 is 0. The number of hydrogen-bond donors (Lipinski definition) is 1. The van der Waals surface area contributed by atoms with Gasteiger partial charge in [0.2, 0.25) is 0 Å². The van der Waals surface area contributed by atoms with Crippen LogP contribution in [-0.4, -0.2) is 26.2 Å². The van der Waals surface area contributed by atoms with E-state index in [1.807, 2.05) is 0 Å². The first kappa shape index (κ1) is 15.0. The molecule has 0 amide bonds. The molecule has 2 atom stereocenters. The minimum absolute atomic E-state index is 0.551. The predicted molar refractivity (Wildman–Crippen MR) is 81.4 cm³/mol. The lowest BCUT2D eigenvalue weighted by molar-refractivity contribution is 0.388. The minimum Gasteiger partial charge on any atom is -0.370 e. The lowest BCUT2D eigenvalue weighted by atomic mass is 9.98. The zero-order valence-electron chi connectivity index (χ0n) is 12.5. The van der Waals surface area contributed by atoms with Crippen molar-refractivity contribution in [2.45, 2.75) is 40.2 Å². The van der Waals surface area contributed by atoms with Gasteiger partial charge in [-0.15, -0.1) is 0 Å². The fourth-order valence-electron chi connectivity index (χ4n) is 2.32. The smallest absolute Gasteiger partial charge is 0.0369 e. The Labute approximate surface area is 112 Å². The molecule has 1 aromatic carbocycles. The average Bonchev–Trinajstić information content (AvgIpc) is 2.39. The van der Waals surface area contributed by atoms with Crippen LogP contribution < -0.4 is 10.2 Å². The molecule has 0 radical (unpaired) electrons. The number of nitrogens with one attached hydrogen (secondary N) is 1. The Morgan fingerprint density at radius 3 is 2.50 bits per heavy atom. The van der Waals surface area contributed by atoms with Crippen LogP contribution in [0.4, 0.5) is 5.69 Å². The first-order chi connectivity index (χ1) is 8.62. The minimum atomic E-state index is 0.551. The highest BCUT2D eigenvalue weighted by Crippen LogP contribution is 2.18. The number of benzene rings is 1. The molecule has 0 spiro atoms. The average molecular weight is 248 g/mol.